The van der Waals surface area contributed by atoms with Crippen LogP contribution in [0.15, 0.2) is 36.4 Å². The summed E-state index contributed by atoms with van der Waals surface area (Å²) in [6.45, 7) is 4.52. The van der Waals surface area contributed by atoms with Crippen LogP contribution in [0.4, 0.5) is 0 Å². The molecular formula is C46H74MgO6. The van der Waals surface area contributed by atoms with Gasteiger partial charge in [-0.25, -0.2) is 4.79 Å². The second-order valence-corrected chi connectivity index (χ2v) is 14.9. The number of unbranched alkanes of at least 4 members (excludes halogenated alkanes) is 26. The van der Waals surface area contributed by atoms with Gasteiger partial charge in [0, 0.05) is 0 Å². The standard InChI is InChI=1S/2C23H38O3.Mg/c2*1-2-3-4-5-6-7-8-9-10-11-12-13-14-15-17-20-18-16-19-21(24)22(20)23(25)26;/h2*16,18-19,24H,2-15,17H2,1H3,(H,25,26);/q;;+2/p-2. The minimum atomic E-state index is -1.35. The van der Waals surface area contributed by atoms with Gasteiger partial charge in [-0.2, -0.15) is 0 Å². The molecular weight excluding hydrogens is 673 g/mol. The molecule has 0 unspecified atom stereocenters. The molecule has 0 saturated heterocycles. The predicted octanol–water partition coefficient (Wildman–Crippen LogP) is 11.9. The minimum absolute atomic E-state index is 0. The van der Waals surface area contributed by atoms with Gasteiger partial charge >= 0.3 is 29.0 Å². The summed E-state index contributed by atoms with van der Waals surface area (Å²) in [6.07, 6.45) is 37.9. The molecule has 0 aliphatic carbocycles. The molecule has 0 atom stereocenters. The summed E-state index contributed by atoms with van der Waals surface area (Å²) in [7, 11) is 0. The molecule has 7 heteroatoms. The number of hydrogen-bond acceptors (Lipinski definition) is 5. The number of carbonyl (C=O) groups excluding carboxylic acids is 1. The summed E-state index contributed by atoms with van der Waals surface area (Å²) >= 11 is 0. The number of aryl methyl sites for hydroxylation is 2. The Morgan fingerprint density at radius 3 is 1.11 bits per heavy atom. The van der Waals surface area contributed by atoms with Crippen molar-refractivity contribution in [1.82, 2.24) is 0 Å². The van der Waals surface area contributed by atoms with Crippen LogP contribution in [-0.2, 0) is 12.8 Å². The fraction of sp³-hybridized carbons (Fsp3) is 0.696. The van der Waals surface area contributed by atoms with Crippen LogP contribution in [0.5, 0.6) is 11.5 Å². The fourth-order valence-corrected chi connectivity index (χ4v) is 7.08. The van der Waals surface area contributed by atoms with Gasteiger partial charge in [0.2, 0.25) is 0 Å². The van der Waals surface area contributed by atoms with E-state index < -0.39 is 17.7 Å². The number of aromatic hydroxyl groups is 1. The molecule has 0 aliphatic heterocycles. The Kier molecular flexibility index (Phi) is 33.9. The van der Waals surface area contributed by atoms with Gasteiger partial charge in [-0.15, -0.1) is 0 Å². The molecule has 0 bridgehead atoms. The van der Waals surface area contributed by atoms with Gasteiger partial charge < -0.3 is 25.2 Å². The SMILES string of the molecule is CCCCCCCCCCCCCCCCc1cccc(O)c1C(=O)O.CCCCCCCCCCCCCCCCc1cccc([O-])c1C(=O)[O-].[Mg+2]. The number of carboxylic acid groups (broad SMARTS) is 2. The molecule has 0 aromatic heterocycles. The van der Waals surface area contributed by atoms with Crippen molar-refractivity contribution in [1.29, 1.82) is 0 Å². The maximum absolute atomic E-state index is 11.6. The summed E-state index contributed by atoms with van der Waals surface area (Å²) in [4.78, 5) is 22.3. The minimum Gasteiger partial charge on any atom is -0.872 e. The smallest absolute Gasteiger partial charge is 0.872 e. The molecule has 0 spiro atoms. The summed E-state index contributed by atoms with van der Waals surface area (Å²) in [5, 5.41) is 41.6. The van der Waals surface area contributed by atoms with Crippen LogP contribution in [0.2, 0.25) is 0 Å². The second kappa shape index (κ2) is 35.4. The summed E-state index contributed by atoms with van der Waals surface area (Å²) in [6, 6.07) is 9.63. The van der Waals surface area contributed by atoms with E-state index >= 15 is 0 Å². The first-order chi connectivity index (χ1) is 25.3. The topological polar surface area (TPSA) is 121 Å². The van der Waals surface area contributed by atoms with Crippen molar-refractivity contribution in [2.75, 3.05) is 0 Å². The molecule has 0 saturated carbocycles. The van der Waals surface area contributed by atoms with Crippen LogP contribution < -0.4 is 10.2 Å². The first-order valence-electron chi connectivity index (χ1n) is 21.4. The summed E-state index contributed by atoms with van der Waals surface area (Å²) in [5.41, 5.74) is 1.29. The monoisotopic (exact) mass is 747 g/mol. The molecule has 0 aliphatic rings. The van der Waals surface area contributed by atoms with E-state index in [9.17, 15) is 30.0 Å². The molecule has 0 heterocycles. The summed E-state index contributed by atoms with van der Waals surface area (Å²) < 4.78 is 0. The van der Waals surface area contributed by atoms with Crippen molar-refractivity contribution in [2.45, 2.75) is 206 Å². The van der Waals surface area contributed by atoms with Gasteiger partial charge in [-0.05, 0) is 48.4 Å². The number of hydrogen-bond donors (Lipinski definition) is 2. The molecule has 296 valence electrons. The average Bonchev–Trinajstić information content (AvgIpc) is 3.12. The van der Waals surface area contributed by atoms with E-state index in [2.05, 4.69) is 13.8 Å². The van der Waals surface area contributed by atoms with Crippen molar-refractivity contribution in [3.05, 3.63) is 58.7 Å². The molecule has 53 heavy (non-hydrogen) atoms. The Hall–Kier alpha value is -2.25. The number of rotatable bonds is 32. The van der Waals surface area contributed by atoms with Gasteiger partial charge in [-0.3, -0.25) is 0 Å². The molecule has 6 nitrogen and oxygen atoms in total. The van der Waals surface area contributed by atoms with Crippen LogP contribution in [-0.4, -0.2) is 45.2 Å². The zero-order chi connectivity index (χ0) is 38.1. The molecule has 2 aromatic carbocycles. The van der Waals surface area contributed by atoms with E-state index in [1.54, 1.807) is 18.2 Å². The van der Waals surface area contributed by atoms with E-state index in [1.807, 2.05) is 6.07 Å². The fourth-order valence-electron chi connectivity index (χ4n) is 7.08. The largest absolute Gasteiger partial charge is 2.00 e. The Labute approximate surface area is 340 Å². The van der Waals surface area contributed by atoms with Gasteiger partial charge in [0.25, 0.3) is 0 Å². The van der Waals surface area contributed by atoms with Gasteiger partial charge in [0.15, 0.2) is 0 Å². The predicted molar refractivity (Wildman–Crippen MR) is 219 cm³/mol. The summed E-state index contributed by atoms with van der Waals surface area (Å²) in [5.74, 6) is -2.95. The molecule has 0 radical (unpaired) electrons. The van der Waals surface area contributed by atoms with E-state index in [1.165, 1.54) is 166 Å². The number of benzene rings is 2. The Bertz CT molecular complexity index is 1090. The van der Waals surface area contributed by atoms with Crippen LogP contribution >= 0.6 is 0 Å². The third-order valence-corrected chi connectivity index (χ3v) is 10.3. The number of carbonyl (C=O) groups is 2. The van der Waals surface area contributed by atoms with Gasteiger partial charge in [0.1, 0.15) is 11.3 Å². The molecule has 2 N–H and O–H groups in total. The first kappa shape index (κ1) is 50.7. The molecule has 0 fully saturated rings. The number of phenols is 1. The van der Waals surface area contributed by atoms with Gasteiger partial charge in [0.05, 0.1) is 5.97 Å². The van der Waals surface area contributed by atoms with Gasteiger partial charge in [-0.1, -0.05) is 217 Å². The molecule has 0 amide bonds. The third-order valence-electron chi connectivity index (χ3n) is 10.3. The average molecular weight is 747 g/mol. The van der Waals surface area contributed by atoms with Crippen molar-refractivity contribution >= 4 is 35.0 Å². The van der Waals surface area contributed by atoms with E-state index in [0.29, 0.717) is 12.0 Å². The van der Waals surface area contributed by atoms with Crippen molar-refractivity contribution in [3.63, 3.8) is 0 Å². The molecule has 2 rings (SSSR count). The van der Waals surface area contributed by atoms with E-state index in [-0.39, 0.29) is 39.9 Å². The van der Waals surface area contributed by atoms with Crippen molar-refractivity contribution < 1.29 is 30.0 Å². The van der Waals surface area contributed by atoms with Crippen LogP contribution in [0.1, 0.15) is 225 Å². The zero-order valence-corrected chi connectivity index (χ0v) is 35.3. The quantitative estimate of drug-likeness (QED) is 0.0568. The number of aromatic carboxylic acids is 2. The number of carboxylic acids is 2. The van der Waals surface area contributed by atoms with E-state index in [4.69, 9.17) is 0 Å². The Morgan fingerprint density at radius 1 is 0.491 bits per heavy atom. The first-order valence-corrected chi connectivity index (χ1v) is 21.4. The van der Waals surface area contributed by atoms with Crippen LogP contribution in [0, 0.1) is 0 Å². The maximum Gasteiger partial charge on any atom is 2.00 e. The molecule has 2 aromatic rings. The van der Waals surface area contributed by atoms with Crippen LogP contribution in [0.25, 0.3) is 0 Å². The van der Waals surface area contributed by atoms with Crippen molar-refractivity contribution in [2.24, 2.45) is 0 Å². The second-order valence-electron chi connectivity index (χ2n) is 14.9. The van der Waals surface area contributed by atoms with Crippen molar-refractivity contribution in [3.8, 4) is 11.5 Å². The third kappa shape index (κ3) is 26.2. The zero-order valence-electron chi connectivity index (χ0n) is 33.9. The van der Waals surface area contributed by atoms with E-state index in [0.717, 1.165) is 37.7 Å². The Balaban J connectivity index is 0.00000100. The maximum atomic E-state index is 11.6. The normalized spacial score (nSPS) is 10.8. The Morgan fingerprint density at radius 2 is 0.792 bits per heavy atom. The van der Waals surface area contributed by atoms with Crippen LogP contribution in [0.3, 0.4) is 0 Å².